The number of aromatic hydroxyl groups is 1. The van der Waals surface area contributed by atoms with Crippen molar-refractivity contribution in [3.63, 3.8) is 0 Å². The van der Waals surface area contributed by atoms with Gasteiger partial charge in [0.15, 0.2) is 11.9 Å². The van der Waals surface area contributed by atoms with E-state index in [1.54, 1.807) is 0 Å². The van der Waals surface area contributed by atoms with E-state index in [2.05, 4.69) is 33.9 Å². The van der Waals surface area contributed by atoms with Gasteiger partial charge in [-0.05, 0) is 93.6 Å². The minimum absolute atomic E-state index is 0.0159. The number of phenols is 1. The molecule has 2 aromatic carbocycles. The molecule has 0 spiro atoms. The van der Waals surface area contributed by atoms with Gasteiger partial charge in [0.25, 0.3) is 5.91 Å². The Labute approximate surface area is 272 Å². The summed E-state index contributed by atoms with van der Waals surface area (Å²) >= 11 is 12.2. The van der Waals surface area contributed by atoms with Crippen molar-refractivity contribution in [3.8, 4) is 5.75 Å². The number of rotatable bonds is 6. The number of piperidine rings is 2. The molecule has 10 nitrogen and oxygen atoms in total. The lowest BCUT2D eigenvalue weighted by Crippen LogP contribution is -2.50. The van der Waals surface area contributed by atoms with Crippen LogP contribution in [0.25, 0.3) is 0 Å². The van der Waals surface area contributed by atoms with Crippen LogP contribution >= 0.6 is 23.2 Å². The van der Waals surface area contributed by atoms with Crippen molar-refractivity contribution in [3.05, 3.63) is 69.4 Å². The number of amides is 4. The highest BCUT2D eigenvalue weighted by Crippen LogP contribution is 2.33. The molecule has 45 heavy (non-hydrogen) atoms. The van der Waals surface area contributed by atoms with E-state index >= 15 is 0 Å². The third-order valence-electron chi connectivity index (χ3n) is 8.63. The van der Waals surface area contributed by atoms with E-state index < -0.39 is 18.1 Å². The van der Waals surface area contributed by atoms with Crippen molar-refractivity contribution >= 4 is 52.8 Å². The maximum absolute atomic E-state index is 13.3. The second kappa shape index (κ2) is 15.0. The number of likely N-dealkylation sites (tertiary alicyclic amines) is 2. The van der Waals surface area contributed by atoms with Crippen LogP contribution < -0.4 is 5.32 Å². The average Bonchev–Trinajstić information content (AvgIpc) is 3.20. The quantitative estimate of drug-likeness (QED) is 0.312. The average molecular weight is 655 g/mol. The van der Waals surface area contributed by atoms with E-state index in [0.717, 1.165) is 43.6 Å². The summed E-state index contributed by atoms with van der Waals surface area (Å²) in [5.41, 5.74) is 5.28. The number of fused-ring (bicyclic) bond motifs is 1. The number of hydrogen-bond acceptors (Lipinski definition) is 6. The summed E-state index contributed by atoms with van der Waals surface area (Å²) in [6.07, 6.45) is 3.76. The van der Waals surface area contributed by atoms with E-state index in [-0.39, 0.29) is 34.3 Å². The number of halogens is 2. The van der Waals surface area contributed by atoms with Gasteiger partial charge in [0.1, 0.15) is 0 Å². The lowest BCUT2D eigenvalue weighted by Gasteiger charge is -2.37. The number of ether oxygens (including phenoxy) is 1. The molecule has 1 atom stereocenters. The molecule has 0 unspecified atom stereocenters. The molecule has 5 rings (SSSR count). The van der Waals surface area contributed by atoms with Crippen molar-refractivity contribution in [1.29, 1.82) is 0 Å². The first kappa shape index (κ1) is 32.6. The fourth-order valence-electron chi connectivity index (χ4n) is 5.93. The summed E-state index contributed by atoms with van der Waals surface area (Å²) < 4.78 is 5.71. The first-order valence-electron chi connectivity index (χ1n) is 15.2. The van der Waals surface area contributed by atoms with Crippen LogP contribution in [-0.2, 0) is 22.4 Å². The number of anilines is 1. The molecule has 3 aliphatic rings. The largest absolute Gasteiger partial charge is 0.505 e. The van der Waals surface area contributed by atoms with Crippen molar-refractivity contribution in [1.82, 2.24) is 14.7 Å². The zero-order valence-electron chi connectivity index (χ0n) is 25.2. The van der Waals surface area contributed by atoms with Gasteiger partial charge in [0.05, 0.1) is 10.0 Å². The number of nitrogens with one attached hydrogen (secondary N) is 1. The number of carbonyl (C=O) groups excluding carboxylic acids is 3. The highest BCUT2D eigenvalue weighted by atomic mass is 35.5. The van der Waals surface area contributed by atoms with Gasteiger partial charge in [0, 0.05) is 43.7 Å². The molecule has 2 fully saturated rings. The molecule has 238 valence electrons. The third kappa shape index (κ3) is 8.48. The zero-order valence-corrected chi connectivity index (χ0v) is 26.7. The molecule has 0 bridgehead atoms. The van der Waals surface area contributed by atoms with Gasteiger partial charge in [0.2, 0.25) is 0 Å². The van der Waals surface area contributed by atoms with Crippen LogP contribution in [-0.4, -0.2) is 95.6 Å². The van der Waals surface area contributed by atoms with E-state index in [0.29, 0.717) is 44.0 Å². The van der Waals surface area contributed by atoms with E-state index in [4.69, 9.17) is 27.9 Å². The van der Waals surface area contributed by atoms with E-state index in [1.165, 1.54) is 17.0 Å². The van der Waals surface area contributed by atoms with Crippen molar-refractivity contribution in [2.75, 3.05) is 45.1 Å². The van der Waals surface area contributed by atoms with E-state index in [9.17, 15) is 19.5 Å². The number of nitrogens with zero attached hydrogens (tertiary/aromatic N) is 4. The second-order valence-electron chi connectivity index (χ2n) is 11.7. The van der Waals surface area contributed by atoms with Gasteiger partial charge in [-0.1, -0.05) is 47.1 Å². The maximum Gasteiger partial charge on any atom is 0.410 e. The Balaban J connectivity index is 1.23. The number of allylic oxidation sites excluding steroid dienone is 1. The highest BCUT2D eigenvalue weighted by Gasteiger charge is 2.33. The molecule has 0 radical (unpaired) electrons. The first-order valence-corrected chi connectivity index (χ1v) is 16.0. The monoisotopic (exact) mass is 653 g/mol. The summed E-state index contributed by atoms with van der Waals surface area (Å²) in [6, 6.07) is 10.5. The zero-order chi connectivity index (χ0) is 31.9. The normalized spacial score (nSPS) is 18.5. The molecule has 2 saturated heterocycles. The summed E-state index contributed by atoms with van der Waals surface area (Å²) in [5.74, 6) is 1.93. The summed E-state index contributed by atoms with van der Waals surface area (Å²) in [6.45, 7) is 3.29. The predicted molar refractivity (Wildman–Crippen MR) is 173 cm³/mol. The molecule has 0 aliphatic carbocycles. The standard InChI is InChI=1S/C33H37Cl2N5O5/c1-38-14-8-22(9-15-38)5-4-13-36-31(42)29(21-23-19-26(34)30(41)27(35)20-23)45-33(44)39-16-11-25(12-17-39)40-18-10-24-6-2-3-7-28(24)37-32(40)43/h2-3,5-7,19-20,22,25,29,41H,8-12,14-18,21H2,1H3,(H,37,43)/t29-/m1/s1. The van der Waals surface area contributed by atoms with Gasteiger partial charge in [-0.25, -0.2) is 9.59 Å². The van der Waals surface area contributed by atoms with Gasteiger partial charge in [-0.3, -0.25) is 4.79 Å². The van der Waals surface area contributed by atoms with Crippen LogP contribution in [0.4, 0.5) is 15.3 Å². The van der Waals surface area contributed by atoms with Crippen LogP contribution in [0.1, 0.15) is 36.8 Å². The molecule has 3 heterocycles. The molecular weight excluding hydrogens is 617 g/mol. The van der Waals surface area contributed by atoms with Crippen LogP contribution in [0.3, 0.4) is 0 Å². The Bertz CT molecular complexity index is 1500. The maximum atomic E-state index is 13.3. The Morgan fingerprint density at radius 3 is 2.49 bits per heavy atom. The van der Waals surface area contributed by atoms with E-state index in [1.807, 2.05) is 35.2 Å². The Morgan fingerprint density at radius 2 is 1.78 bits per heavy atom. The summed E-state index contributed by atoms with van der Waals surface area (Å²) in [4.78, 5) is 49.0. The number of aliphatic imine (C=N–C) groups is 1. The SMILES string of the molecule is CN1CCC(C=C=C=NC(=O)[C@@H](Cc2cc(Cl)c(O)c(Cl)c2)OC(=O)N2CCC(N3CCc4ccccc4NC3=O)CC2)CC1. The molecule has 0 aromatic heterocycles. The number of urea groups is 1. The highest BCUT2D eigenvalue weighted by molar-refractivity contribution is 6.37. The van der Waals surface area contributed by atoms with Gasteiger partial charge in [-0.15, -0.1) is 0 Å². The lowest BCUT2D eigenvalue weighted by atomic mass is 9.97. The lowest BCUT2D eigenvalue weighted by molar-refractivity contribution is -0.126. The molecule has 2 N–H and O–H groups in total. The van der Waals surface area contributed by atoms with Crippen LogP contribution in [0.5, 0.6) is 5.75 Å². The van der Waals surface area contributed by atoms with Crippen molar-refractivity contribution < 1.29 is 24.2 Å². The predicted octanol–water partition coefficient (Wildman–Crippen LogP) is 5.55. The Kier molecular flexibility index (Phi) is 10.9. The molecule has 4 amide bonds. The van der Waals surface area contributed by atoms with Gasteiger partial charge in [-0.2, -0.15) is 4.99 Å². The third-order valence-corrected chi connectivity index (χ3v) is 9.21. The summed E-state index contributed by atoms with van der Waals surface area (Å²) in [5, 5.41) is 13.0. The number of para-hydroxylation sites is 1. The molecule has 3 aliphatic heterocycles. The van der Waals surface area contributed by atoms with Crippen molar-refractivity contribution in [2.45, 2.75) is 50.7 Å². The Morgan fingerprint density at radius 1 is 1.09 bits per heavy atom. The molecular formula is C33H37Cl2N5O5. The number of hydrogen-bond donors (Lipinski definition) is 2. The van der Waals surface area contributed by atoms with Crippen LogP contribution in [0, 0.1) is 5.92 Å². The van der Waals surface area contributed by atoms with Crippen LogP contribution in [0.2, 0.25) is 10.0 Å². The smallest absolute Gasteiger partial charge is 0.410 e. The fourth-order valence-corrected chi connectivity index (χ4v) is 6.47. The second-order valence-corrected chi connectivity index (χ2v) is 12.6. The van der Waals surface area contributed by atoms with Crippen LogP contribution in [0.15, 0.2) is 53.2 Å². The number of carbonyl (C=O) groups is 3. The number of benzene rings is 2. The molecule has 2 aromatic rings. The minimum Gasteiger partial charge on any atom is -0.505 e. The molecule has 0 saturated carbocycles. The fraction of sp³-hybridized carbons (Fsp3) is 0.455. The van der Waals surface area contributed by atoms with Crippen molar-refractivity contribution in [2.24, 2.45) is 10.9 Å². The molecule has 12 heteroatoms. The van der Waals surface area contributed by atoms with Gasteiger partial charge < -0.3 is 29.9 Å². The number of phenolic OH excluding ortho intramolecular Hbond substituents is 1. The minimum atomic E-state index is -1.28. The topological polar surface area (TPSA) is 115 Å². The summed E-state index contributed by atoms with van der Waals surface area (Å²) in [7, 11) is 2.08. The Hall–Kier alpha value is -3.78. The van der Waals surface area contributed by atoms with Gasteiger partial charge >= 0.3 is 12.1 Å². The first-order chi connectivity index (χ1) is 21.7.